The number of halogens is 1. The highest BCUT2D eigenvalue weighted by molar-refractivity contribution is 6.31. The van der Waals surface area contributed by atoms with E-state index in [4.69, 9.17) is 21.1 Å². The lowest BCUT2D eigenvalue weighted by atomic mass is 10.0. The molecule has 0 fully saturated rings. The zero-order valence-electron chi connectivity index (χ0n) is 13.5. The summed E-state index contributed by atoms with van der Waals surface area (Å²) < 4.78 is 11.3. The number of benzene rings is 1. The third-order valence-electron chi connectivity index (χ3n) is 3.44. The van der Waals surface area contributed by atoms with Gasteiger partial charge >= 0.3 is 5.97 Å². The summed E-state index contributed by atoms with van der Waals surface area (Å²) >= 11 is 5.99. The number of nitrogens with zero attached hydrogens (tertiary/aromatic N) is 2. The molecule has 0 aliphatic carbocycles. The van der Waals surface area contributed by atoms with Crippen molar-refractivity contribution >= 4 is 17.6 Å². The summed E-state index contributed by atoms with van der Waals surface area (Å²) in [5, 5.41) is 18.9. The molecule has 0 amide bonds. The highest BCUT2D eigenvalue weighted by atomic mass is 35.5. The number of hydrogen-bond acceptors (Lipinski definition) is 5. The van der Waals surface area contributed by atoms with Gasteiger partial charge in [0.15, 0.2) is 0 Å². The molecule has 1 heterocycles. The summed E-state index contributed by atoms with van der Waals surface area (Å²) in [5.41, 5.74) is 0.447. The Labute approximate surface area is 148 Å². The van der Waals surface area contributed by atoms with E-state index in [9.17, 15) is 20.0 Å². The number of hydrogen-bond donors (Lipinski definition) is 1. The van der Waals surface area contributed by atoms with Crippen LogP contribution >= 0.6 is 11.6 Å². The number of carbonyl (C=O) groups is 1. The number of aliphatic carboxylic acids is 1. The molecule has 0 saturated carbocycles. The van der Waals surface area contributed by atoms with Crippen LogP contribution < -0.4 is 10.3 Å². The number of nitriles is 1. The molecule has 0 radical (unpaired) electrons. The summed E-state index contributed by atoms with van der Waals surface area (Å²) in [6, 6.07) is 7.85. The Kier molecular flexibility index (Phi) is 5.80. The van der Waals surface area contributed by atoms with Crippen molar-refractivity contribution in [3.63, 3.8) is 0 Å². The average Bonchev–Trinajstić information content (AvgIpc) is 2.59. The smallest absolute Gasteiger partial charge is 0.354 e. The van der Waals surface area contributed by atoms with E-state index in [-0.39, 0.29) is 12.4 Å². The molecule has 1 N–H and O–H groups in total. The summed E-state index contributed by atoms with van der Waals surface area (Å²) in [6.07, 6.45) is -0.232. The zero-order valence-corrected chi connectivity index (χ0v) is 14.3. The van der Waals surface area contributed by atoms with Gasteiger partial charge in [-0.25, -0.2) is 4.79 Å². The maximum atomic E-state index is 12.4. The molecule has 8 heteroatoms. The molecular weight excluding hydrogens is 348 g/mol. The van der Waals surface area contributed by atoms with Crippen LogP contribution in [0.2, 0.25) is 5.02 Å². The predicted molar refractivity (Wildman–Crippen MR) is 90.7 cm³/mol. The van der Waals surface area contributed by atoms with Crippen LogP contribution in [0.15, 0.2) is 35.3 Å². The van der Waals surface area contributed by atoms with Crippen LogP contribution in [0, 0.1) is 11.3 Å². The van der Waals surface area contributed by atoms with Gasteiger partial charge in [0.25, 0.3) is 5.56 Å². The van der Waals surface area contributed by atoms with Crippen molar-refractivity contribution < 1.29 is 19.4 Å². The van der Waals surface area contributed by atoms with E-state index in [1.54, 1.807) is 19.1 Å². The second-order valence-corrected chi connectivity index (χ2v) is 5.39. The molecule has 0 saturated heterocycles. The van der Waals surface area contributed by atoms with E-state index in [0.717, 1.165) is 4.57 Å². The Bertz CT molecular complexity index is 901. The van der Waals surface area contributed by atoms with Crippen LogP contribution in [-0.2, 0) is 9.53 Å². The van der Waals surface area contributed by atoms with Crippen LogP contribution in [0.25, 0.3) is 11.1 Å². The minimum atomic E-state index is -1.48. The van der Waals surface area contributed by atoms with Gasteiger partial charge in [0.05, 0.1) is 24.9 Å². The average molecular weight is 363 g/mol. The quantitative estimate of drug-likeness (QED) is 0.847. The van der Waals surface area contributed by atoms with Crippen molar-refractivity contribution in [2.24, 2.45) is 0 Å². The molecule has 0 spiro atoms. The number of ether oxygens (including phenoxy) is 2. The summed E-state index contributed by atoms with van der Waals surface area (Å²) in [6.45, 7) is 1.73. The number of aromatic nitrogens is 1. The SMILES string of the molecule is CCOC(C(=O)O)n1cc(OC)c(-c2cc(Cl)ccc2C#N)cc1=O. The number of pyridine rings is 1. The normalized spacial score (nSPS) is 11.6. The molecule has 1 atom stereocenters. The Morgan fingerprint density at radius 1 is 1.40 bits per heavy atom. The van der Waals surface area contributed by atoms with E-state index < -0.39 is 17.8 Å². The fourth-order valence-corrected chi connectivity index (χ4v) is 2.52. The third kappa shape index (κ3) is 3.82. The molecule has 0 bridgehead atoms. The topological polar surface area (TPSA) is 102 Å². The van der Waals surface area contributed by atoms with Crippen LogP contribution in [0.1, 0.15) is 18.7 Å². The first kappa shape index (κ1) is 18.5. The molecule has 2 rings (SSSR count). The molecule has 7 nitrogen and oxygen atoms in total. The fraction of sp³-hybridized carbons (Fsp3) is 0.235. The lowest BCUT2D eigenvalue weighted by Gasteiger charge is -2.18. The molecule has 130 valence electrons. The van der Waals surface area contributed by atoms with Gasteiger partial charge in [-0.15, -0.1) is 0 Å². The Morgan fingerprint density at radius 3 is 2.68 bits per heavy atom. The van der Waals surface area contributed by atoms with Crippen LogP contribution in [-0.4, -0.2) is 29.4 Å². The maximum Gasteiger partial charge on any atom is 0.354 e. The van der Waals surface area contributed by atoms with Gasteiger partial charge in [0, 0.05) is 28.8 Å². The minimum absolute atomic E-state index is 0.111. The molecule has 1 aromatic heterocycles. The van der Waals surface area contributed by atoms with E-state index in [1.807, 2.05) is 6.07 Å². The van der Waals surface area contributed by atoms with Gasteiger partial charge in [0.1, 0.15) is 5.75 Å². The number of methoxy groups -OCH3 is 1. The molecular formula is C17H15ClN2O5. The van der Waals surface area contributed by atoms with Gasteiger partial charge in [-0.05, 0) is 25.1 Å². The number of rotatable bonds is 6. The second kappa shape index (κ2) is 7.83. The molecule has 1 unspecified atom stereocenters. The van der Waals surface area contributed by atoms with E-state index in [0.29, 0.717) is 21.7 Å². The van der Waals surface area contributed by atoms with Crippen LogP contribution in [0.3, 0.4) is 0 Å². The molecule has 1 aromatic carbocycles. The summed E-state index contributed by atoms with van der Waals surface area (Å²) in [7, 11) is 1.38. The Morgan fingerprint density at radius 2 is 2.12 bits per heavy atom. The third-order valence-corrected chi connectivity index (χ3v) is 3.68. The number of carboxylic acids is 1. The van der Waals surface area contributed by atoms with E-state index in [2.05, 4.69) is 0 Å². The van der Waals surface area contributed by atoms with Crippen LogP contribution in [0.4, 0.5) is 0 Å². The lowest BCUT2D eigenvalue weighted by molar-refractivity contribution is -0.157. The highest BCUT2D eigenvalue weighted by Crippen LogP contribution is 2.33. The standard InChI is InChI=1S/C17H15ClN2O5/c1-3-25-16(17(22)23)20-9-14(24-2)13(7-15(20)21)12-6-11(18)5-4-10(12)8-19/h4-7,9,16H,3H2,1-2H3,(H,22,23). The van der Waals surface area contributed by atoms with Gasteiger partial charge < -0.3 is 14.6 Å². The largest absolute Gasteiger partial charge is 0.495 e. The molecule has 2 aromatic rings. The first-order valence-corrected chi connectivity index (χ1v) is 7.65. The summed E-state index contributed by atoms with van der Waals surface area (Å²) in [4.78, 5) is 23.8. The van der Waals surface area contributed by atoms with Gasteiger partial charge in [-0.1, -0.05) is 11.6 Å². The van der Waals surface area contributed by atoms with Crippen LogP contribution in [0.5, 0.6) is 5.75 Å². The van der Waals surface area contributed by atoms with Crippen molar-refractivity contribution in [2.45, 2.75) is 13.2 Å². The first-order chi connectivity index (χ1) is 11.9. The minimum Gasteiger partial charge on any atom is -0.495 e. The maximum absolute atomic E-state index is 12.4. The summed E-state index contributed by atoms with van der Waals surface area (Å²) in [5.74, 6) is -1.09. The first-order valence-electron chi connectivity index (χ1n) is 7.27. The van der Waals surface area contributed by atoms with Gasteiger partial charge in [-0.2, -0.15) is 5.26 Å². The van der Waals surface area contributed by atoms with Gasteiger partial charge in [0.2, 0.25) is 6.23 Å². The molecule has 25 heavy (non-hydrogen) atoms. The van der Waals surface area contributed by atoms with Crippen molar-refractivity contribution in [1.29, 1.82) is 5.26 Å². The lowest BCUT2D eigenvalue weighted by Crippen LogP contribution is -2.31. The predicted octanol–water partition coefficient (Wildman–Crippen LogP) is 2.67. The van der Waals surface area contributed by atoms with Crippen molar-refractivity contribution in [3.8, 4) is 22.9 Å². The van der Waals surface area contributed by atoms with Crippen molar-refractivity contribution in [1.82, 2.24) is 4.57 Å². The van der Waals surface area contributed by atoms with E-state index >= 15 is 0 Å². The Balaban J connectivity index is 2.70. The van der Waals surface area contributed by atoms with Gasteiger partial charge in [-0.3, -0.25) is 9.36 Å². The van der Waals surface area contributed by atoms with Crippen molar-refractivity contribution in [2.75, 3.05) is 13.7 Å². The highest BCUT2D eigenvalue weighted by Gasteiger charge is 2.23. The number of carboxylic acid groups (broad SMARTS) is 1. The van der Waals surface area contributed by atoms with Crippen molar-refractivity contribution in [3.05, 3.63) is 51.4 Å². The fourth-order valence-electron chi connectivity index (χ4n) is 2.35. The monoisotopic (exact) mass is 362 g/mol. The Hall–Kier alpha value is -2.82. The second-order valence-electron chi connectivity index (χ2n) is 4.95. The van der Waals surface area contributed by atoms with E-state index in [1.165, 1.54) is 25.4 Å². The zero-order chi connectivity index (χ0) is 18.6. The molecule has 0 aliphatic rings. The molecule has 0 aliphatic heterocycles.